The maximum absolute atomic E-state index is 14.1. The summed E-state index contributed by atoms with van der Waals surface area (Å²) >= 11 is 0. The van der Waals surface area contributed by atoms with Gasteiger partial charge in [0, 0.05) is 46.2 Å². The van der Waals surface area contributed by atoms with Crippen LogP contribution in [0.1, 0.15) is 73.0 Å². The van der Waals surface area contributed by atoms with Gasteiger partial charge in [0.2, 0.25) is 17.6 Å². The third-order valence-electron chi connectivity index (χ3n) is 11.8. The van der Waals surface area contributed by atoms with Crippen LogP contribution in [0, 0.1) is 23.4 Å². The van der Waals surface area contributed by atoms with Gasteiger partial charge in [0.05, 0.1) is 28.8 Å². The molecule has 1 saturated carbocycles. The van der Waals surface area contributed by atoms with E-state index in [1.54, 1.807) is 11.6 Å². The molecule has 8 rings (SSSR count). The molecule has 5 aromatic rings. The SMILES string of the molecule is Cn1c(=O)n(C2CCC(=O)NC2=O)c2ccc(CCCN3CCN(c4ccc5nn(C6CCC(CNC(=O)c7cc(F)c(O)c(F)c7F)CC6)cc5n4)CC3)cc21. The predicted molar refractivity (Wildman–Crippen MR) is 204 cm³/mol. The number of carbonyl (C=O) groups is 3. The van der Waals surface area contributed by atoms with E-state index in [4.69, 9.17) is 10.1 Å². The molecule has 3 amide bonds. The molecule has 1 atom stereocenters. The number of imide groups is 1. The van der Waals surface area contributed by atoms with E-state index in [0.717, 1.165) is 99.2 Å². The minimum absolute atomic E-state index is 0.112. The highest BCUT2D eigenvalue weighted by atomic mass is 19.2. The molecule has 300 valence electrons. The number of aromatic hydroxyl groups is 1. The fraction of sp³-hybridized carbons (Fsp3) is 0.450. The third-order valence-corrected chi connectivity index (χ3v) is 11.8. The summed E-state index contributed by atoms with van der Waals surface area (Å²) in [5.41, 5.74) is 3.16. The van der Waals surface area contributed by atoms with Crippen molar-refractivity contribution in [3.8, 4) is 5.75 Å². The average Bonchev–Trinajstić information content (AvgIpc) is 3.75. The monoisotopic (exact) mass is 787 g/mol. The van der Waals surface area contributed by atoms with Gasteiger partial charge in [0.1, 0.15) is 22.9 Å². The van der Waals surface area contributed by atoms with E-state index >= 15 is 0 Å². The fourth-order valence-electron chi connectivity index (χ4n) is 8.48. The molecular weight excluding hydrogens is 743 g/mol. The normalized spacial score (nSPS) is 20.7. The first-order valence-corrected chi connectivity index (χ1v) is 19.5. The van der Waals surface area contributed by atoms with E-state index in [-0.39, 0.29) is 36.5 Å². The van der Waals surface area contributed by atoms with Gasteiger partial charge in [-0.25, -0.2) is 18.6 Å². The van der Waals surface area contributed by atoms with E-state index in [1.165, 1.54) is 4.57 Å². The molecule has 1 aliphatic carbocycles. The minimum Gasteiger partial charge on any atom is -0.503 e. The van der Waals surface area contributed by atoms with Crippen molar-refractivity contribution in [1.29, 1.82) is 0 Å². The van der Waals surface area contributed by atoms with Crippen LogP contribution in [-0.2, 0) is 23.1 Å². The molecular formula is C40H44F3N9O5. The van der Waals surface area contributed by atoms with E-state index in [1.807, 2.05) is 41.2 Å². The number of benzene rings is 2. The Hall–Kier alpha value is -5.71. The second kappa shape index (κ2) is 15.7. The summed E-state index contributed by atoms with van der Waals surface area (Å²) in [5, 5.41) is 19.0. The van der Waals surface area contributed by atoms with Crippen molar-refractivity contribution in [1.82, 2.24) is 39.4 Å². The standard InChI is InChI=1S/C40H44F3N9O5/c1-48-32-19-23(6-10-30(32)52(40(48)57)31-11-13-34(53)46-39(31)56)3-2-14-49-15-17-50(18-16-49)33-12-9-28-29(45-33)22-51(47-28)25-7-4-24(5-8-25)21-44-38(55)26-20-27(41)37(54)36(43)35(26)42/h6,9-10,12,19-20,22,24-25,31,54H,2-5,7-8,11,13-18,21H2,1H3,(H,44,55)(H,46,53,56). The molecule has 1 unspecified atom stereocenters. The van der Waals surface area contributed by atoms with Crippen LogP contribution >= 0.6 is 0 Å². The highest BCUT2D eigenvalue weighted by molar-refractivity contribution is 6.00. The molecule has 2 saturated heterocycles. The Morgan fingerprint density at radius 2 is 1.70 bits per heavy atom. The molecule has 3 aliphatic rings. The van der Waals surface area contributed by atoms with E-state index in [0.29, 0.717) is 18.0 Å². The number of halogens is 3. The lowest BCUT2D eigenvalue weighted by Gasteiger charge is -2.35. The topological polar surface area (TPSA) is 160 Å². The second-order valence-electron chi connectivity index (χ2n) is 15.4. The first kappa shape index (κ1) is 38.2. The highest BCUT2D eigenvalue weighted by Crippen LogP contribution is 2.33. The number of nitrogens with zero attached hydrogens (tertiary/aromatic N) is 7. The van der Waals surface area contributed by atoms with Crippen molar-refractivity contribution in [3.63, 3.8) is 0 Å². The minimum atomic E-state index is -1.79. The number of piperazine rings is 1. The zero-order chi connectivity index (χ0) is 40.0. The summed E-state index contributed by atoms with van der Waals surface area (Å²) in [4.78, 5) is 59.4. The number of phenolic OH excluding ortho intramolecular Hbond substituents is 1. The number of piperidine rings is 1. The number of anilines is 1. The van der Waals surface area contributed by atoms with Crippen molar-refractivity contribution < 1.29 is 32.7 Å². The van der Waals surface area contributed by atoms with E-state index in [9.17, 15) is 37.5 Å². The van der Waals surface area contributed by atoms with Crippen LogP contribution in [0.2, 0.25) is 0 Å². The number of imidazole rings is 1. The summed E-state index contributed by atoms with van der Waals surface area (Å²) < 4.78 is 46.6. The number of fused-ring (bicyclic) bond motifs is 2. The second-order valence-corrected chi connectivity index (χ2v) is 15.4. The van der Waals surface area contributed by atoms with Gasteiger partial charge in [-0.15, -0.1) is 0 Å². The molecule has 2 aromatic carbocycles. The number of amides is 3. The van der Waals surface area contributed by atoms with Crippen molar-refractivity contribution in [2.45, 2.75) is 63.5 Å². The predicted octanol–water partition coefficient (Wildman–Crippen LogP) is 4.10. The Balaban J connectivity index is 0.800. The van der Waals surface area contributed by atoms with E-state index < -0.39 is 46.6 Å². The van der Waals surface area contributed by atoms with Gasteiger partial charge in [0.25, 0.3) is 5.91 Å². The fourth-order valence-corrected chi connectivity index (χ4v) is 8.48. The van der Waals surface area contributed by atoms with Crippen molar-refractivity contribution in [2.24, 2.45) is 13.0 Å². The van der Waals surface area contributed by atoms with Gasteiger partial charge in [-0.2, -0.15) is 9.49 Å². The van der Waals surface area contributed by atoms with Crippen molar-refractivity contribution >= 4 is 45.6 Å². The molecule has 0 bridgehead atoms. The average molecular weight is 788 g/mol. The molecule has 2 aliphatic heterocycles. The van der Waals surface area contributed by atoms with Gasteiger partial charge in [0.15, 0.2) is 17.4 Å². The quantitative estimate of drug-likeness (QED) is 0.140. The third kappa shape index (κ3) is 7.59. The molecule has 0 radical (unpaired) electrons. The first-order valence-electron chi connectivity index (χ1n) is 19.5. The zero-order valence-corrected chi connectivity index (χ0v) is 31.5. The van der Waals surface area contributed by atoms with Gasteiger partial charge < -0.3 is 15.3 Å². The van der Waals surface area contributed by atoms with Crippen LogP contribution in [0.15, 0.2) is 47.4 Å². The van der Waals surface area contributed by atoms with Crippen LogP contribution in [0.5, 0.6) is 5.75 Å². The molecule has 3 N–H and O–H groups in total. The molecule has 5 heterocycles. The number of aryl methyl sites for hydroxylation is 2. The van der Waals surface area contributed by atoms with Crippen LogP contribution in [-0.4, -0.2) is 90.9 Å². The number of rotatable bonds is 10. The highest BCUT2D eigenvalue weighted by Gasteiger charge is 2.32. The Labute approximate surface area is 325 Å². The molecule has 3 fully saturated rings. The summed E-state index contributed by atoms with van der Waals surface area (Å²) in [5.74, 6) is -6.88. The lowest BCUT2D eigenvalue weighted by molar-refractivity contribution is -0.135. The lowest BCUT2D eigenvalue weighted by Crippen LogP contribution is -2.47. The number of phenols is 1. The smallest absolute Gasteiger partial charge is 0.329 e. The maximum Gasteiger partial charge on any atom is 0.329 e. The summed E-state index contributed by atoms with van der Waals surface area (Å²) in [6.45, 7) is 4.67. The molecule has 14 nitrogen and oxygen atoms in total. The Kier molecular flexibility index (Phi) is 10.5. The van der Waals surface area contributed by atoms with Crippen LogP contribution in [0.3, 0.4) is 0 Å². The molecule has 57 heavy (non-hydrogen) atoms. The van der Waals surface area contributed by atoms with Crippen molar-refractivity contribution in [2.75, 3.05) is 44.2 Å². The number of carbonyl (C=O) groups excluding carboxylic acids is 3. The van der Waals surface area contributed by atoms with Gasteiger partial charge >= 0.3 is 5.69 Å². The number of hydrogen-bond donors (Lipinski definition) is 3. The molecule has 0 spiro atoms. The van der Waals surface area contributed by atoms with Gasteiger partial charge in [-0.1, -0.05) is 6.07 Å². The number of hydrogen-bond acceptors (Lipinski definition) is 9. The lowest BCUT2D eigenvalue weighted by atomic mass is 9.86. The van der Waals surface area contributed by atoms with Crippen LogP contribution in [0.25, 0.3) is 22.1 Å². The van der Waals surface area contributed by atoms with Crippen LogP contribution < -0.4 is 21.2 Å². The number of nitrogens with one attached hydrogen (secondary N) is 2. The summed E-state index contributed by atoms with van der Waals surface area (Å²) in [6.07, 6.45) is 7.48. The Bertz CT molecular complexity index is 2430. The molecule has 3 aromatic heterocycles. The first-order chi connectivity index (χ1) is 27.4. The maximum atomic E-state index is 14.1. The summed E-state index contributed by atoms with van der Waals surface area (Å²) in [6, 6.07) is 9.91. The molecule has 17 heteroatoms. The number of aromatic nitrogens is 5. The van der Waals surface area contributed by atoms with Crippen LogP contribution in [0.4, 0.5) is 19.0 Å². The summed E-state index contributed by atoms with van der Waals surface area (Å²) in [7, 11) is 1.71. The Morgan fingerprint density at radius 3 is 2.46 bits per heavy atom. The zero-order valence-electron chi connectivity index (χ0n) is 31.5. The Morgan fingerprint density at radius 1 is 0.930 bits per heavy atom. The van der Waals surface area contributed by atoms with Gasteiger partial charge in [-0.3, -0.25) is 38.4 Å². The van der Waals surface area contributed by atoms with Crippen molar-refractivity contribution in [3.05, 3.63) is 81.7 Å². The van der Waals surface area contributed by atoms with Gasteiger partial charge in [-0.05, 0) is 93.3 Å². The van der Waals surface area contributed by atoms with E-state index in [2.05, 4.69) is 20.4 Å². The largest absolute Gasteiger partial charge is 0.503 e. The number of pyridine rings is 1.